The van der Waals surface area contributed by atoms with Crippen LogP contribution >= 0.6 is 11.6 Å². The first-order valence-corrected chi connectivity index (χ1v) is 7.04. The molecule has 2 aromatic rings. The Morgan fingerprint density at radius 2 is 2.05 bits per heavy atom. The lowest BCUT2D eigenvalue weighted by Crippen LogP contribution is -2.44. The van der Waals surface area contributed by atoms with Crippen LogP contribution < -0.4 is 10.6 Å². The molecular weight excluding hydrogens is 290 g/mol. The van der Waals surface area contributed by atoms with Gasteiger partial charge in [0, 0.05) is 11.9 Å². The van der Waals surface area contributed by atoms with Crippen LogP contribution in [0.5, 0.6) is 0 Å². The SMILES string of the molecule is CCNC(=O)C(C)NC(=O)c1cc(Cl)nc2ccccc12. The fourth-order valence-corrected chi connectivity index (χ4v) is 2.20. The van der Waals surface area contributed by atoms with E-state index < -0.39 is 6.04 Å². The third-order valence-electron chi connectivity index (χ3n) is 3.02. The maximum absolute atomic E-state index is 12.4. The summed E-state index contributed by atoms with van der Waals surface area (Å²) in [5, 5.41) is 6.26. The van der Waals surface area contributed by atoms with Gasteiger partial charge in [0.05, 0.1) is 11.1 Å². The highest BCUT2D eigenvalue weighted by Gasteiger charge is 2.18. The molecule has 1 unspecified atom stereocenters. The Kier molecular flexibility index (Phi) is 4.75. The Hall–Kier alpha value is -2.14. The van der Waals surface area contributed by atoms with Crippen LogP contribution in [0.15, 0.2) is 30.3 Å². The van der Waals surface area contributed by atoms with Crippen molar-refractivity contribution in [2.24, 2.45) is 0 Å². The number of rotatable bonds is 4. The molecule has 0 aliphatic carbocycles. The highest BCUT2D eigenvalue weighted by Crippen LogP contribution is 2.20. The van der Waals surface area contributed by atoms with Crippen LogP contribution in [0.25, 0.3) is 10.9 Å². The molecule has 1 heterocycles. The van der Waals surface area contributed by atoms with Crippen LogP contribution in [0.2, 0.25) is 5.15 Å². The van der Waals surface area contributed by atoms with Crippen LogP contribution in [0.4, 0.5) is 0 Å². The van der Waals surface area contributed by atoms with Crippen LogP contribution in [-0.4, -0.2) is 29.4 Å². The van der Waals surface area contributed by atoms with Gasteiger partial charge < -0.3 is 10.6 Å². The molecule has 0 bridgehead atoms. The maximum atomic E-state index is 12.4. The van der Waals surface area contributed by atoms with Crippen LogP contribution in [0.3, 0.4) is 0 Å². The number of fused-ring (bicyclic) bond motifs is 1. The molecular formula is C15H16ClN3O2. The summed E-state index contributed by atoms with van der Waals surface area (Å²) in [7, 11) is 0. The summed E-state index contributed by atoms with van der Waals surface area (Å²) >= 11 is 5.95. The number of benzene rings is 1. The van der Waals surface area contributed by atoms with Gasteiger partial charge in [-0.2, -0.15) is 0 Å². The van der Waals surface area contributed by atoms with Gasteiger partial charge in [0.15, 0.2) is 0 Å². The topological polar surface area (TPSA) is 71.1 Å². The number of pyridine rings is 1. The molecule has 1 aromatic carbocycles. The quantitative estimate of drug-likeness (QED) is 0.850. The highest BCUT2D eigenvalue weighted by molar-refractivity contribution is 6.30. The first-order valence-electron chi connectivity index (χ1n) is 6.66. The van der Waals surface area contributed by atoms with Crippen LogP contribution in [0, 0.1) is 0 Å². The van der Waals surface area contributed by atoms with Gasteiger partial charge in [-0.25, -0.2) is 4.98 Å². The molecule has 21 heavy (non-hydrogen) atoms. The molecule has 0 saturated carbocycles. The number of hydrogen-bond donors (Lipinski definition) is 2. The second kappa shape index (κ2) is 6.54. The minimum atomic E-state index is -0.622. The van der Waals surface area contributed by atoms with Crippen LogP contribution in [-0.2, 0) is 4.79 Å². The van der Waals surface area contributed by atoms with Gasteiger partial charge in [-0.3, -0.25) is 9.59 Å². The van der Waals surface area contributed by atoms with Crippen LogP contribution in [0.1, 0.15) is 24.2 Å². The number of para-hydroxylation sites is 1. The number of halogens is 1. The van der Waals surface area contributed by atoms with Crippen molar-refractivity contribution in [3.05, 3.63) is 41.0 Å². The predicted octanol–water partition coefficient (Wildman–Crippen LogP) is 2.14. The first kappa shape index (κ1) is 15.3. The third-order valence-corrected chi connectivity index (χ3v) is 3.22. The van der Waals surface area contributed by atoms with E-state index in [2.05, 4.69) is 15.6 Å². The summed E-state index contributed by atoms with van der Waals surface area (Å²) < 4.78 is 0. The van der Waals surface area contributed by atoms with Crippen molar-refractivity contribution in [3.63, 3.8) is 0 Å². The average molecular weight is 306 g/mol. The molecule has 0 aliphatic heterocycles. The second-order valence-electron chi connectivity index (χ2n) is 4.60. The van der Waals surface area contributed by atoms with E-state index in [0.717, 1.165) is 0 Å². The largest absolute Gasteiger partial charge is 0.355 e. The van der Waals surface area contributed by atoms with Crippen molar-refractivity contribution in [1.29, 1.82) is 0 Å². The number of likely N-dealkylation sites (N-methyl/N-ethyl adjacent to an activating group) is 1. The number of carbonyl (C=O) groups excluding carboxylic acids is 2. The molecule has 2 amide bonds. The number of nitrogens with one attached hydrogen (secondary N) is 2. The number of amides is 2. The van der Waals surface area contributed by atoms with Crippen molar-refractivity contribution in [1.82, 2.24) is 15.6 Å². The Morgan fingerprint density at radius 1 is 1.33 bits per heavy atom. The van der Waals surface area contributed by atoms with Crippen molar-refractivity contribution in [3.8, 4) is 0 Å². The molecule has 5 nitrogen and oxygen atoms in total. The second-order valence-corrected chi connectivity index (χ2v) is 4.99. The fourth-order valence-electron chi connectivity index (χ4n) is 2.00. The van der Waals surface area contributed by atoms with E-state index in [9.17, 15) is 9.59 Å². The smallest absolute Gasteiger partial charge is 0.252 e. The van der Waals surface area contributed by atoms with Crippen molar-refractivity contribution < 1.29 is 9.59 Å². The van der Waals surface area contributed by atoms with E-state index in [1.807, 2.05) is 19.1 Å². The Labute approximate surface area is 127 Å². The van der Waals surface area contributed by atoms with Gasteiger partial charge in [-0.05, 0) is 26.0 Å². The average Bonchev–Trinajstić information content (AvgIpc) is 2.46. The highest BCUT2D eigenvalue weighted by atomic mass is 35.5. The molecule has 0 radical (unpaired) electrons. The molecule has 0 fully saturated rings. The van der Waals surface area contributed by atoms with E-state index in [-0.39, 0.29) is 17.0 Å². The molecule has 0 saturated heterocycles. The maximum Gasteiger partial charge on any atom is 0.252 e. The summed E-state index contributed by atoms with van der Waals surface area (Å²) in [4.78, 5) is 28.2. The molecule has 6 heteroatoms. The van der Waals surface area contributed by atoms with Crippen molar-refractivity contribution in [2.45, 2.75) is 19.9 Å². The number of carbonyl (C=O) groups is 2. The molecule has 110 valence electrons. The molecule has 1 atom stereocenters. The summed E-state index contributed by atoms with van der Waals surface area (Å²) in [6.45, 7) is 3.97. The van der Waals surface area contributed by atoms with Crippen molar-refractivity contribution in [2.75, 3.05) is 6.54 Å². The first-order chi connectivity index (χ1) is 10.0. The lowest BCUT2D eigenvalue weighted by atomic mass is 10.1. The van der Waals surface area contributed by atoms with Gasteiger partial charge in [-0.1, -0.05) is 29.8 Å². The van der Waals surface area contributed by atoms with Gasteiger partial charge in [0.1, 0.15) is 11.2 Å². The zero-order valence-electron chi connectivity index (χ0n) is 11.8. The summed E-state index contributed by atoms with van der Waals surface area (Å²) in [6.07, 6.45) is 0. The number of nitrogens with zero attached hydrogens (tertiary/aromatic N) is 1. The van der Waals surface area contributed by atoms with Gasteiger partial charge in [0.2, 0.25) is 5.91 Å². The Balaban J connectivity index is 2.29. The zero-order valence-corrected chi connectivity index (χ0v) is 12.6. The van der Waals surface area contributed by atoms with Gasteiger partial charge in [0.25, 0.3) is 5.91 Å². The monoisotopic (exact) mass is 305 g/mol. The number of hydrogen-bond acceptors (Lipinski definition) is 3. The molecule has 0 aliphatic rings. The van der Waals surface area contributed by atoms with E-state index in [1.165, 1.54) is 6.07 Å². The lowest BCUT2D eigenvalue weighted by Gasteiger charge is -2.14. The summed E-state index contributed by atoms with van der Waals surface area (Å²) in [5.74, 6) is -0.579. The molecule has 2 N–H and O–H groups in total. The molecule has 2 rings (SSSR count). The standard InChI is InChI=1S/C15H16ClN3O2/c1-3-17-14(20)9(2)18-15(21)11-8-13(16)19-12-7-5-4-6-10(11)12/h4-9H,3H2,1-2H3,(H,17,20)(H,18,21). The minimum absolute atomic E-state index is 0.227. The van der Waals surface area contributed by atoms with Gasteiger partial charge in [-0.15, -0.1) is 0 Å². The summed E-state index contributed by atoms with van der Waals surface area (Å²) in [5.41, 5.74) is 1.04. The zero-order chi connectivity index (χ0) is 15.4. The summed E-state index contributed by atoms with van der Waals surface area (Å²) in [6, 6.07) is 8.11. The Bertz CT molecular complexity index is 688. The van der Waals surface area contributed by atoms with E-state index in [1.54, 1.807) is 19.1 Å². The third kappa shape index (κ3) is 3.49. The fraction of sp³-hybridized carbons (Fsp3) is 0.267. The molecule has 1 aromatic heterocycles. The minimum Gasteiger partial charge on any atom is -0.355 e. The normalized spacial score (nSPS) is 12.0. The Morgan fingerprint density at radius 3 is 2.76 bits per heavy atom. The van der Waals surface area contributed by atoms with E-state index in [0.29, 0.717) is 23.0 Å². The predicted molar refractivity (Wildman–Crippen MR) is 82.4 cm³/mol. The van der Waals surface area contributed by atoms with Crippen molar-refractivity contribution >= 4 is 34.3 Å². The number of aromatic nitrogens is 1. The lowest BCUT2D eigenvalue weighted by molar-refractivity contribution is -0.122. The van der Waals surface area contributed by atoms with E-state index in [4.69, 9.17) is 11.6 Å². The van der Waals surface area contributed by atoms with Gasteiger partial charge >= 0.3 is 0 Å². The molecule has 0 spiro atoms. The van der Waals surface area contributed by atoms with E-state index >= 15 is 0 Å².